The summed E-state index contributed by atoms with van der Waals surface area (Å²) < 4.78 is 0. The molecule has 98 valence electrons. The summed E-state index contributed by atoms with van der Waals surface area (Å²) in [5, 5.41) is 13.4. The van der Waals surface area contributed by atoms with Crippen LogP contribution in [0.5, 0.6) is 0 Å². The van der Waals surface area contributed by atoms with Crippen molar-refractivity contribution < 1.29 is 5.11 Å². The summed E-state index contributed by atoms with van der Waals surface area (Å²) >= 11 is 0. The third-order valence-corrected chi connectivity index (χ3v) is 3.22. The van der Waals surface area contributed by atoms with Crippen molar-refractivity contribution in [3.8, 4) is 0 Å². The molecule has 0 aliphatic rings. The molecule has 0 aliphatic heterocycles. The predicted octanol–water partition coefficient (Wildman–Crippen LogP) is 0.928. The monoisotopic (exact) mass is 247 g/mol. The molecule has 0 fully saturated rings. The highest BCUT2D eigenvalue weighted by Gasteiger charge is 2.07. The number of aromatic nitrogens is 1. The SMILES string of the molecule is Cc1[nH]c2ccccc2c1CCNCC(N)CO. The van der Waals surface area contributed by atoms with Crippen LogP contribution < -0.4 is 11.1 Å². The van der Waals surface area contributed by atoms with Gasteiger partial charge in [-0.25, -0.2) is 0 Å². The summed E-state index contributed by atoms with van der Waals surface area (Å²) in [4.78, 5) is 3.40. The number of nitrogens with two attached hydrogens (primary N) is 1. The molecule has 4 nitrogen and oxygen atoms in total. The van der Waals surface area contributed by atoms with E-state index in [0.717, 1.165) is 13.0 Å². The fraction of sp³-hybridized carbons (Fsp3) is 0.429. The lowest BCUT2D eigenvalue weighted by molar-refractivity contribution is 0.262. The Hall–Kier alpha value is -1.36. The van der Waals surface area contributed by atoms with Gasteiger partial charge in [-0.1, -0.05) is 18.2 Å². The molecule has 0 spiro atoms. The zero-order chi connectivity index (χ0) is 13.0. The van der Waals surface area contributed by atoms with E-state index in [4.69, 9.17) is 10.8 Å². The highest BCUT2D eigenvalue weighted by molar-refractivity contribution is 5.84. The third kappa shape index (κ3) is 2.90. The Kier molecular flexibility index (Phi) is 4.36. The van der Waals surface area contributed by atoms with Gasteiger partial charge in [0.05, 0.1) is 6.61 Å². The summed E-state index contributed by atoms with van der Waals surface area (Å²) in [6.07, 6.45) is 0.966. The normalized spacial score (nSPS) is 13.1. The number of nitrogens with one attached hydrogen (secondary N) is 2. The summed E-state index contributed by atoms with van der Waals surface area (Å²) in [6.45, 7) is 3.65. The van der Waals surface area contributed by atoms with E-state index >= 15 is 0 Å². The van der Waals surface area contributed by atoms with Crippen LogP contribution in [0.2, 0.25) is 0 Å². The highest BCUT2D eigenvalue weighted by atomic mass is 16.3. The van der Waals surface area contributed by atoms with Crippen LogP contribution in [0.4, 0.5) is 0 Å². The minimum atomic E-state index is -0.172. The molecule has 1 aromatic carbocycles. The molecule has 1 heterocycles. The van der Waals surface area contributed by atoms with Gasteiger partial charge < -0.3 is 21.1 Å². The molecule has 18 heavy (non-hydrogen) atoms. The molecule has 1 atom stereocenters. The van der Waals surface area contributed by atoms with E-state index in [9.17, 15) is 0 Å². The van der Waals surface area contributed by atoms with E-state index in [0.29, 0.717) is 6.54 Å². The van der Waals surface area contributed by atoms with Crippen LogP contribution in [-0.4, -0.2) is 35.8 Å². The molecule has 0 saturated carbocycles. The maximum Gasteiger partial charge on any atom is 0.0594 e. The lowest BCUT2D eigenvalue weighted by atomic mass is 10.1. The topological polar surface area (TPSA) is 74.1 Å². The Labute approximate surface area is 107 Å². The number of aliphatic hydroxyl groups is 1. The van der Waals surface area contributed by atoms with Gasteiger partial charge in [0.2, 0.25) is 0 Å². The van der Waals surface area contributed by atoms with E-state index in [2.05, 4.69) is 35.4 Å². The lowest BCUT2D eigenvalue weighted by Crippen LogP contribution is -2.37. The zero-order valence-electron chi connectivity index (χ0n) is 10.7. The minimum Gasteiger partial charge on any atom is -0.395 e. The van der Waals surface area contributed by atoms with E-state index in [1.807, 2.05) is 6.07 Å². The van der Waals surface area contributed by atoms with Crippen molar-refractivity contribution >= 4 is 10.9 Å². The first-order chi connectivity index (χ1) is 8.72. The molecule has 1 aromatic heterocycles. The zero-order valence-corrected chi connectivity index (χ0v) is 10.7. The van der Waals surface area contributed by atoms with Crippen LogP contribution in [0.1, 0.15) is 11.3 Å². The summed E-state index contributed by atoms with van der Waals surface area (Å²) in [5.41, 5.74) is 9.41. The smallest absolute Gasteiger partial charge is 0.0594 e. The molecule has 0 amide bonds. The molecule has 0 radical (unpaired) electrons. The van der Waals surface area contributed by atoms with Crippen molar-refractivity contribution in [1.82, 2.24) is 10.3 Å². The van der Waals surface area contributed by atoms with Crippen molar-refractivity contribution in [1.29, 1.82) is 0 Å². The number of aryl methyl sites for hydroxylation is 1. The van der Waals surface area contributed by atoms with Gasteiger partial charge in [0.1, 0.15) is 0 Å². The largest absolute Gasteiger partial charge is 0.395 e. The number of para-hydroxylation sites is 1. The molecule has 0 bridgehead atoms. The second kappa shape index (κ2) is 6.00. The Morgan fingerprint density at radius 3 is 2.94 bits per heavy atom. The number of aliphatic hydroxyl groups excluding tert-OH is 1. The van der Waals surface area contributed by atoms with Crippen molar-refractivity contribution in [2.45, 2.75) is 19.4 Å². The van der Waals surface area contributed by atoms with Crippen LogP contribution in [-0.2, 0) is 6.42 Å². The Morgan fingerprint density at radius 1 is 1.39 bits per heavy atom. The Morgan fingerprint density at radius 2 is 2.17 bits per heavy atom. The number of hydrogen-bond acceptors (Lipinski definition) is 3. The summed E-state index contributed by atoms with van der Waals surface area (Å²) in [7, 11) is 0. The number of fused-ring (bicyclic) bond motifs is 1. The molecule has 2 rings (SSSR count). The molecular formula is C14H21N3O. The van der Waals surface area contributed by atoms with E-state index < -0.39 is 0 Å². The fourth-order valence-electron chi connectivity index (χ4n) is 2.22. The third-order valence-electron chi connectivity index (χ3n) is 3.22. The van der Waals surface area contributed by atoms with Crippen molar-refractivity contribution in [2.75, 3.05) is 19.7 Å². The molecule has 1 unspecified atom stereocenters. The first-order valence-corrected chi connectivity index (χ1v) is 6.35. The second-order valence-corrected chi connectivity index (χ2v) is 4.67. The van der Waals surface area contributed by atoms with Gasteiger partial charge in [0, 0.05) is 29.2 Å². The van der Waals surface area contributed by atoms with Gasteiger partial charge in [-0.3, -0.25) is 0 Å². The minimum absolute atomic E-state index is 0.0269. The van der Waals surface area contributed by atoms with E-state index in [-0.39, 0.29) is 12.6 Å². The van der Waals surface area contributed by atoms with Crippen molar-refractivity contribution in [3.63, 3.8) is 0 Å². The number of benzene rings is 1. The molecule has 5 N–H and O–H groups in total. The summed E-state index contributed by atoms with van der Waals surface area (Å²) in [6, 6.07) is 8.18. The fourth-order valence-corrected chi connectivity index (χ4v) is 2.22. The summed E-state index contributed by atoms with van der Waals surface area (Å²) in [5.74, 6) is 0. The van der Waals surface area contributed by atoms with Gasteiger partial charge in [-0.15, -0.1) is 0 Å². The first-order valence-electron chi connectivity index (χ1n) is 6.35. The second-order valence-electron chi connectivity index (χ2n) is 4.67. The van der Waals surface area contributed by atoms with Crippen LogP contribution in [0.15, 0.2) is 24.3 Å². The molecule has 0 saturated heterocycles. The number of aromatic amines is 1. The Bertz CT molecular complexity index is 507. The Balaban J connectivity index is 1.97. The lowest BCUT2D eigenvalue weighted by Gasteiger charge is -2.09. The van der Waals surface area contributed by atoms with Crippen LogP contribution >= 0.6 is 0 Å². The van der Waals surface area contributed by atoms with Gasteiger partial charge in [0.25, 0.3) is 0 Å². The molecular weight excluding hydrogens is 226 g/mol. The van der Waals surface area contributed by atoms with Crippen LogP contribution in [0.25, 0.3) is 10.9 Å². The van der Waals surface area contributed by atoms with Crippen LogP contribution in [0.3, 0.4) is 0 Å². The standard InChI is InChI=1S/C14H21N3O/c1-10-12(6-7-16-8-11(15)9-18)13-4-2-3-5-14(13)17-10/h2-5,11,16-18H,6-9,15H2,1H3. The number of H-pyrrole nitrogens is 1. The van der Waals surface area contributed by atoms with Crippen molar-refractivity contribution in [2.24, 2.45) is 5.73 Å². The van der Waals surface area contributed by atoms with Gasteiger partial charge in [-0.2, -0.15) is 0 Å². The predicted molar refractivity (Wildman–Crippen MR) is 74.7 cm³/mol. The average molecular weight is 247 g/mol. The number of hydrogen-bond donors (Lipinski definition) is 4. The maximum absolute atomic E-state index is 8.83. The van der Waals surface area contributed by atoms with Gasteiger partial charge >= 0.3 is 0 Å². The van der Waals surface area contributed by atoms with Gasteiger partial charge in [0.15, 0.2) is 0 Å². The van der Waals surface area contributed by atoms with E-state index in [1.54, 1.807) is 0 Å². The van der Waals surface area contributed by atoms with Gasteiger partial charge in [-0.05, 0) is 31.5 Å². The van der Waals surface area contributed by atoms with Crippen LogP contribution in [0, 0.1) is 6.92 Å². The molecule has 2 aromatic rings. The number of rotatable bonds is 6. The first kappa shape index (κ1) is 13.1. The maximum atomic E-state index is 8.83. The van der Waals surface area contributed by atoms with Crippen molar-refractivity contribution in [3.05, 3.63) is 35.5 Å². The quantitative estimate of drug-likeness (QED) is 0.574. The highest BCUT2D eigenvalue weighted by Crippen LogP contribution is 2.21. The molecule has 4 heteroatoms. The molecule has 0 aliphatic carbocycles. The van der Waals surface area contributed by atoms with E-state index in [1.165, 1.54) is 22.2 Å². The average Bonchev–Trinajstić information content (AvgIpc) is 2.70.